The van der Waals surface area contributed by atoms with E-state index in [2.05, 4.69) is 56.7 Å². The second-order valence-corrected chi connectivity index (χ2v) is 9.36. The summed E-state index contributed by atoms with van der Waals surface area (Å²) in [5.41, 5.74) is 7.34. The van der Waals surface area contributed by atoms with Gasteiger partial charge in [0.2, 0.25) is 5.95 Å². The summed E-state index contributed by atoms with van der Waals surface area (Å²) in [5.74, 6) is 0.270. The molecule has 0 saturated heterocycles. The van der Waals surface area contributed by atoms with E-state index >= 15 is 0 Å². The Bertz CT molecular complexity index is 1590. The molecule has 0 unspecified atom stereocenters. The number of aromatic amines is 1. The maximum Gasteiger partial charge on any atom is 0.419 e. The molecule has 0 atom stereocenters. The standard InChI is InChI=1S/C28H26F3N7/c1-3-17-6-5-7-18(4-2)24(17)38-25(20-8-11-32-26-21(20)9-12-33-26)22-16-37(13-10-23(22)36-38)27-34-14-19(15-35-27)28(29,30)31/h5-9,11-12,14-15H,3-4,10,13,16H2,1-2H3,(H,32,33). The van der Waals surface area contributed by atoms with Gasteiger partial charge in [-0.05, 0) is 36.1 Å². The summed E-state index contributed by atoms with van der Waals surface area (Å²) < 4.78 is 41.3. The van der Waals surface area contributed by atoms with Crippen LogP contribution in [0.4, 0.5) is 19.1 Å². The monoisotopic (exact) mass is 517 g/mol. The van der Waals surface area contributed by atoms with Crippen molar-refractivity contribution >= 4 is 17.0 Å². The van der Waals surface area contributed by atoms with E-state index in [0.29, 0.717) is 19.5 Å². The fourth-order valence-corrected chi connectivity index (χ4v) is 5.27. The third kappa shape index (κ3) is 4.00. The Labute approximate surface area is 217 Å². The van der Waals surface area contributed by atoms with Crippen molar-refractivity contribution < 1.29 is 13.2 Å². The van der Waals surface area contributed by atoms with E-state index in [-0.39, 0.29) is 5.95 Å². The fourth-order valence-electron chi connectivity index (χ4n) is 5.27. The molecular formula is C28H26F3N7. The highest BCUT2D eigenvalue weighted by Gasteiger charge is 2.33. The number of H-pyrrole nitrogens is 1. The van der Waals surface area contributed by atoms with Crippen LogP contribution in [-0.4, -0.2) is 36.3 Å². The van der Waals surface area contributed by atoms with E-state index in [4.69, 9.17) is 5.10 Å². The van der Waals surface area contributed by atoms with Crippen LogP contribution in [0, 0.1) is 0 Å². The summed E-state index contributed by atoms with van der Waals surface area (Å²) >= 11 is 0. The topological polar surface area (TPSA) is 75.5 Å². The molecule has 0 radical (unpaired) electrons. The molecule has 10 heteroatoms. The molecular weight excluding hydrogens is 491 g/mol. The molecule has 0 fully saturated rings. The summed E-state index contributed by atoms with van der Waals surface area (Å²) in [5, 5.41) is 6.13. The smallest absolute Gasteiger partial charge is 0.346 e. The van der Waals surface area contributed by atoms with Gasteiger partial charge in [-0.25, -0.2) is 19.6 Å². The van der Waals surface area contributed by atoms with Crippen LogP contribution in [0.25, 0.3) is 28.0 Å². The number of aromatic nitrogens is 6. The van der Waals surface area contributed by atoms with Gasteiger partial charge >= 0.3 is 6.18 Å². The number of para-hydroxylation sites is 1. The van der Waals surface area contributed by atoms with Gasteiger partial charge in [0.25, 0.3) is 0 Å². The van der Waals surface area contributed by atoms with Gasteiger partial charge in [-0.3, -0.25) is 0 Å². The number of halogens is 3. The summed E-state index contributed by atoms with van der Waals surface area (Å²) in [7, 11) is 0. The first-order chi connectivity index (χ1) is 18.4. The number of rotatable bonds is 5. The average molecular weight is 518 g/mol. The van der Waals surface area contributed by atoms with Crippen LogP contribution >= 0.6 is 0 Å². The minimum absolute atomic E-state index is 0.270. The maximum absolute atomic E-state index is 13.1. The molecule has 0 saturated carbocycles. The zero-order valence-electron chi connectivity index (χ0n) is 21.0. The lowest BCUT2D eigenvalue weighted by atomic mass is 9.98. The van der Waals surface area contributed by atoms with Gasteiger partial charge in [0.05, 0.1) is 22.6 Å². The van der Waals surface area contributed by atoms with Crippen LogP contribution in [0.15, 0.2) is 55.1 Å². The van der Waals surface area contributed by atoms with Gasteiger partial charge < -0.3 is 9.88 Å². The Morgan fingerprint density at radius 1 is 0.974 bits per heavy atom. The van der Waals surface area contributed by atoms with Crippen LogP contribution in [0.3, 0.4) is 0 Å². The average Bonchev–Trinajstić information content (AvgIpc) is 3.56. The molecule has 0 bridgehead atoms. The van der Waals surface area contributed by atoms with Crippen molar-refractivity contribution in [3.63, 3.8) is 0 Å². The summed E-state index contributed by atoms with van der Waals surface area (Å²) in [4.78, 5) is 17.7. The molecule has 1 N–H and O–H groups in total. The van der Waals surface area contributed by atoms with E-state index in [1.807, 2.05) is 23.2 Å². The van der Waals surface area contributed by atoms with E-state index in [1.54, 1.807) is 6.20 Å². The largest absolute Gasteiger partial charge is 0.419 e. The molecule has 194 valence electrons. The summed E-state index contributed by atoms with van der Waals surface area (Å²) in [6, 6.07) is 10.4. The van der Waals surface area contributed by atoms with Gasteiger partial charge in [0.15, 0.2) is 0 Å². The summed E-state index contributed by atoms with van der Waals surface area (Å²) in [6.45, 7) is 5.27. The first-order valence-electron chi connectivity index (χ1n) is 12.7. The molecule has 0 spiro atoms. The molecule has 5 heterocycles. The lowest BCUT2D eigenvalue weighted by molar-refractivity contribution is -0.138. The van der Waals surface area contributed by atoms with Crippen molar-refractivity contribution in [2.45, 2.75) is 45.8 Å². The quantitative estimate of drug-likeness (QED) is 0.314. The number of benzene rings is 1. The van der Waals surface area contributed by atoms with Crippen LogP contribution in [-0.2, 0) is 32.0 Å². The van der Waals surface area contributed by atoms with Gasteiger partial charge in [-0.2, -0.15) is 18.3 Å². The minimum atomic E-state index is -4.48. The third-order valence-corrected chi connectivity index (χ3v) is 7.17. The number of alkyl halides is 3. The Morgan fingerprint density at radius 3 is 2.39 bits per heavy atom. The second-order valence-electron chi connectivity index (χ2n) is 9.36. The van der Waals surface area contributed by atoms with E-state index < -0.39 is 11.7 Å². The van der Waals surface area contributed by atoms with Crippen molar-refractivity contribution in [1.29, 1.82) is 0 Å². The fraction of sp³-hybridized carbons (Fsp3) is 0.286. The highest BCUT2D eigenvalue weighted by molar-refractivity contribution is 5.93. The highest BCUT2D eigenvalue weighted by Crippen LogP contribution is 2.38. The predicted octanol–water partition coefficient (Wildman–Crippen LogP) is 5.91. The third-order valence-electron chi connectivity index (χ3n) is 7.17. The van der Waals surface area contributed by atoms with E-state index in [0.717, 1.165) is 64.5 Å². The molecule has 6 rings (SSSR count). The Hall–Kier alpha value is -4.21. The van der Waals surface area contributed by atoms with Gasteiger partial charge in [0, 0.05) is 60.8 Å². The number of nitrogens with one attached hydrogen (secondary N) is 1. The zero-order chi connectivity index (χ0) is 26.4. The van der Waals surface area contributed by atoms with Gasteiger partial charge in [-0.15, -0.1) is 0 Å². The molecule has 0 amide bonds. The molecule has 7 nitrogen and oxygen atoms in total. The molecule has 4 aromatic heterocycles. The Kier molecular flexibility index (Phi) is 5.89. The van der Waals surface area contributed by atoms with Crippen molar-refractivity contribution in [3.05, 3.63) is 83.1 Å². The SMILES string of the molecule is CCc1cccc(CC)c1-n1nc2c(c1-c1ccnc3[nH]ccc13)CN(c1ncc(C(F)(F)F)cn1)CC2. The van der Waals surface area contributed by atoms with Crippen molar-refractivity contribution in [3.8, 4) is 16.9 Å². The van der Waals surface area contributed by atoms with Crippen molar-refractivity contribution in [2.75, 3.05) is 11.4 Å². The van der Waals surface area contributed by atoms with Crippen LogP contribution in [0.2, 0.25) is 0 Å². The molecule has 0 aliphatic carbocycles. The Morgan fingerprint density at radius 2 is 1.71 bits per heavy atom. The maximum atomic E-state index is 13.1. The van der Waals surface area contributed by atoms with E-state index in [1.165, 1.54) is 11.1 Å². The number of hydrogen-bond acceptors (Lipinski definition) is 5. The zero-order valence-corrected chi connectivity index (χ0v) is 21.0. The normalized spacial score (nSPS) is 13.8. The van der Waals surface area contributed by atoms with Crippen molar-refractivity contribution in [1.82, 2.24) is 29.7 Å². The molecule has 1 aliphatic rings. The van der Waals surface area contributed by atoms with Gasteiger partial charge in [-0.1, -0.05) is 32.0 Å². The minimum Gasteiger partial charge on any atom is -0.346 e. The lowest BCUT2D eigenvalue weighted by Crippen LogP contribution is -2.31. The van der Waals surface area contributed by atoms with E-state index in [9.17, 15) is 13.2 Å². The first kappa shape index (κ1) is 24.1. The van der Waals surface area contributed by atoms with Crippen LogP contribution < -0.4 is 4.90 Å². The van der Waals surface area contributed by atoms with Crippen LogP contribution in [0.5, 0.6) is 0 Å². The lowest BCUT2D eigenvalue weighted by Gasteiger charge is -2.27. The number of nitrogens with zero attached hydrogens (tertiary/aromatic N) is 6. The molecule has 1 aliphatic heterocycles. The number of fused-ring (bicyclic) bond motifs is 2. The molecule has 38 heavy (non-hydrogen) atoms. The highest BCUT2D eigenvalue weighted by atomic mass is 19.4. The predicted molar refractivity (Wildman–Crippen MR) is 139 cm³/mol. The van der Waals surface area contributed by atoms with Crippen LogP contribution in [0.1, 0.15) is 41.8 Å². The first-order valence-corrected chi connectivity index (χ1v) is 12.7. The van der Waals surface area contributed by atoms with Crippen molar-refractivity contribution in [2.24, 2.45) is 0 Å². The van der Waals surface area contributed by atoms with Gasteiger partial charge in [0.1, 0.15) is 5.65 Å². The second kappa shape index (κ2) is 9.27. The number of hydrogen-bond donors (Lipinski definition) is 1. The summed E-state index contributed by atoms with van der Waals surface area (Å²) in [6.07, 6.45) is 3.20. The Balaban J connectivity index is 1.53. The number of anilines is 1. The number of pyridine rings is 1. The molecule has 1 aromatic carbocycles. The molecule has 5 aromatic rings. The number of aryl methyl sites for hydroxylation is 2.